The van der Waals surface area contributed by atoms with E-state index in [9.17, 15) is 9.59 Å². The molecule has 3 nitrogen and oxygen atoms in total. The minimum atomic E-state index is -0.383. The molecule has 3 rings (SSSR count). The molecule has 1 aliphatic carbocycles. The van der Waals surface area contributed by atoms with E-state index in [2.05, 4.69) is 0 Å². The van der Waals surface area contributed by atoms with Gasteiger partial charge in [0.25, 0.3) is 0 Å². The molecule has 1 fully saturated rings. The summed E-state index contributed by atoms with van der Waals surface area (Å²) in [6.07, 6.45) is 5.59. The Kier molecular flexibility index (Phi) is 1.94. The molecule has 0 radical (unpaired) electrons. The van der Waals surface area contributed by atoms with Crippen LogP contribution in [-0.4, -0.2) is 11.9 Å². The van der Waals surface area contributed by atoms with Crippen LogP contribution in [0.4, 0.5) is 0 Å². The average Bonchev–Trinajstić information content (AvgIpc) is 2.15. The van der Waals surface area contributed by atoms with Gasteiger partial charge in [-0.25, -0.2) is 0 Å². The van der Waals surface area contributed by atoms with Crippen LogP contribution in [0.25, 0.3) is 0 Å². The van der Waals surface area contributed by atoms with Crippen LogP contribution >= 0.6 is 0 Å². The topological polar surface area (TPSA) is 43.4 Å². The van der Waals surface area contributed by atoms with E-state index < -0.39 is 0 Å². The van der Waals surface area contributed by atoms with Crippen LogP contribution in [0.2, 0.25) is 0 Å². The van der Waals surface area contributed by atoms with Gasteiger partial charge in [0, 0.05) is 0 Å². The van der Waals surface area contributed by atoms with Crippen molar-refractivity contribution in [2.24, 2.45) is 17.8 Å². The van der Waals surface area contributed by atoms with Crippen molar-refractivity contribution in [2.75, 3.05) is 0 Å². The van der Waals surface area contributed by atoms with E-state index in [1.807, 2.05) is 19.1 Å². The zero-order chi connectivity index (χ0) is 9.42. The zero-order valence-electron chi connectivity index (χ0n) is 7.53. The van der Waals surface area contributed by atoms with E-state index in [0.717, 1.165) is 12.8 Å². The Hall–Kier alpha value is -1.12. The highest BCUT2D eigenvalue weighted by atomic mass is 16.6. The molecular weight excluding hydrogens is 168 g/mol. The van der Waals surface area contributed by atoms with E-state index in [4.69, 9.17) is 4.74 Å². The summed E-state index contributed by atoms with van der Waals surface area (Å²) in [5, 5.41) is 0. The van der Waals surface area contributed by atoms with Gasteiger partial charge < -0.3 is 4.74 Å². The first-order valence-electron chi connectivity index (χ1n) is 4.62. The molecule has 0 saturated carbocycles. The highest BCUT2D eigenvalue weighted by Crippen LogP contribution is 2.31. The van der Waals surface area contributed by atoms with Gasteiger partial charge in [-0.05, 0) is 18.8 Å². The number of fused-ring (bicyclic) bond motifs is 4. The Morgan fingerprint density at radius 3 is 2.62 bits per heavy atom. The minimum absolute atomic E-state index is 0.179. The number of ether oxygens (including phenoxy) is 1. The molecule has 13 heavy (non-hydrogen) atoms. The van der Waals surface area contributed by atoms with Crippen molar-refractivity contribution in [1.82, 2.24) is 0 Å². The molecule has 2 bridgehead atoms. The molecule has 2 heterocycles. The third kappa shape index (κ3) is 1.39. The first kappa shape index (κ1) is 8.48. The summed E-state index contributed by atoms with van der Waals surface area (Å²) >= 11 is 0. The number of hydrogen-bond acceptors (Lipinski definition) is 3. The summed E-state index contributed by atoms with van der Waals surface area (Å²) < 4.78 is 4.71. The minimum Gasteiger partial charge on any atom is -0.392 e. The molecule has 3 atom stereocenters. The lowest BCUT2D eigenvalue weighted by Crippen LogP contribution is -2.33. The van der Waals surface area contributed by atoms with Gasteiger partial charge in [0.15, 0.2) is 0 Å². The van der Waals surface area contributed by atoms with E-state index >= 15 is 0 Å². The fraction of sp³-hybridized carbons (Fsp3) is 0.600. The molecule has 0 aromatic carbocycles. The Morgan fingerprint density at radius 2 is 2.00 bits per heavy atom. The van der Waals surface area contributed by atoms with Gasteiger partial charge in [-0.2, -0.15) is 0 Å². The SMILES string of the molecule is CC1C(=O)OC(=O)C2C=CC1CC2. The van der Waals surface area contributed by atoms with Gasteiger partial charge in [0.1, 0.15) is 0 Å². The van der Waals surface area contributed by atoms with Crippen molar-refractivity contribution in [3.63, 3.8) is 0 Å². The van der Waals surface area contributed by atoms with Gasteiger partial charge in [0.2, 0.25) is 0 Å². The quantitative estimate of drug-likeness (QED) is 0.320. The monoisotopic (exact) mass is 180 g/mol. The van der Waals surface area contributed by atoms with Crippen LogP contribution in [0, 0.1) is 17.8 Å². The van der Waals surface area contributed by atoms with Crippen LogP contribution < -0.4 is 0 Å². The molecular formula is C10H12O3. The number of hydrogen-bond donors (Lipinski definition) is 0. The molecule has 3 aliphatic rings. The molecule has 0 spiro atoms. The molecule has 3 heteroatoms. The maximum absolute atomic E-state index is 11.3. The molecule has 1 saturated heterocycles. The summed E-state index contributed by atoms with van der Waals surface area (Å²) in [5.41, 5.74) is 0. The van der Waals surface area contributed by atoms with E-state index in [0.29, 0.717) is 0 Å². The fourth-order valence-corrected chi connectivity index (χ4v) is 1.90. The molecule has 2 aliphatic heterocycles. The lowest BCUT2D eigenvalue weighted by molar-refractivity contribution is -0.167. The van der Waals surface area contributed by atoms with E-state index in [-0.39, 0.29) is 29.7 Å². The number of carbonyl (C=O) groups excluding carboxylic acids is 2. The van der Waals surface area contributed by atoms with Crippen LogP contribution in [0.1, 0.15) is 19.8 Å². The van der Waals surface area contributed by atoms with Crippen molar-refractivity contribution in [1.29, 1.82) is 0 Å². The normalized spacial score (nSPS) is 38.4. The van der Waals surface area contributed by atoms with Gasteiger partial charge in [-0.15, -0.1) is 0 Å². The molecule has 70 valence electrons. The third-order valence-electron chi connectivity index (χ3n) is 2.92. The fourth-order valence-electron chi connectivity index (χ4n) is 1.90. The lowest BCUT2D eigenvalue weighted by atomic mass is 9.80. The first-order valence-corrected chi connectivity index (χ1v) is 4.62. The van der Waals surface area contributed by atoms with Crippen LogP contribution in [0.15, 0.2) is 12.2 Å². The van der Waals surface area contributed by atoms with Crippen LogP contribution in [0.3, 0.4) is 0 Å². The average molecular weight is 180 g/mol. The van der Waals surface area contributed by atoms with Crippen molar-refractivity contribution in [3.05, 3.63) is 12.2 Å². The summed E-state index contributed by atoms with van der Waals surface area (Å²) in [6.45, 7) is 1.82. The molecule has 0 N–H and O–H groups in total. The highest BCUT2D eigenvalue weighted by molar-refractivity contribution is 5.89. The van der Waals surface area contributed by atoms with Gasteiger partial charge >= 0.3 is 11.9 Å². The van der Waals surface area contributed by atoms with Gasteiger partial charge in [-0.3, -0.25) is 9.59 Å². The summed E-state index contributed by atoms with van der Waals surface area (Å²) in [4.78, 5) is 22.6. The number of rotatable bonds is 0. The Bertz CT molecular complexity index is 280. The second-order valence-corrected chi connectivity index (χ2v) is 3.76. The maximum atomic E-state index is 11.3. The molecule has 0 amide bonds. The second-order valence-electron chi connectivity index (χ2n) is 3.76. The number of esters is 2. The second kappa shape index (κ2) is 2.98. The summed E-state index contributed by atoms with van der Waals surface area (Å²) in [7, 11) is 0. The van der Waals surface area contributed by atoms with Crippen LogP contribution in [-0.2, 0) is 14.3 Å². The number of carbonyl (C=O) groups is 2. The molecule has 0 aromatic rings. The Labute approximate surface area is 76.8 Å². The standard InChI is InChI=1S/C10H12O3/c1-6-7-2-4-8(5-3-7)10(12)13-9(6)11/h2,4,6-8H,3,5H2,1H3. The Balaban J connectivity index is 2.31. The smallest absolute Gasteiger partial charge is 0.320 e. The van der Waals surface area contributed by atoms with Crippen LogP contribution in [0.5, 0.6) is 0 Å². The van der Waals surface area contributed by atoms with Crippen molar-refractivity contribution in [2.45, 2.75) is 19.8 Å². The van der Waals surface area contributed by atoms with Crippen molar-refractivity contribution >= 4 is 11.9 Å². The Morgan fingerprint density at radius 1 is 1.23 bits per heavy atom. The van der Waals surface area contributed by atoms with Crippen molar-refractivity contribution in [3.8, 4) is 0 Å². The van der Waals surface area contributed by atoms with E-state index in [1.54, 1.807) is 0 Å². The predicted octanol–water partition coefficient (Wildman–Crippen LogP) is 1.29. The molecule has 3 unspecified atom stereocenters. The summed E-state index contributed by atoms with van der Waals surface area (Å²) in [5.74, 6) is -0.860. The summed E-state index contributed by atoms with van der Waals surface area (Å²) in [6, 6.07) is 0. The van der Waals surface area contributed by atoms with E-state index in [1.165, 1.54) is 0 Å². The maximum Gasteiger partial charge on any atom is 0.320 e. The molecule has 0 aromatic heterocycles. The third-order valence-corrected chi connectivity index (χ3v) is 2.92. The lowest BCUT2D eigenvalue weighted by Gasteiger charge is -2.28. The highest BCUT2D eigenvalue weighted by Gasteiger charge is 2.34. The van der Waals surface area contributed by atoms with Crippen molar-refractivity contribution < 1.29 is 14.3 Å². The zero-order valence-corrected chi connectivity index (χ0v) is 7.53. The van der Waals surface area contributed by atoms with Gasteiger partial charge in [-0.1, -0.05) is 19.1 Å². The first-order chi connectivity index (χ1) is 6.18. The predicted molar refractivity (Wildman–Crippen MR) is 45.6 cm³/mol. The largest absolute Gasteiger partial charge is 0.392 e. The van der Waals surface area contributed by atoms with Gasteiger partial charge in [0.05, 0.1) is 11.8 Å². The number of allylic oxidation sites excluding steroid dienone is 1.